The molecule has 4 nitrogen and oxygen atoms in total. The number of nitrogens with one attached hydrogen (secondary N) is 2. The molecule has 12 heteroatoms. The van der Waals surface area contributed by atoms with Crippen molar-refractivity contribution in [1.29, 1.82) is 0 Å². The smallest absolute Gasteiger partial charge is 0.237 e. The second-order valence-electron chi connectivity index (χ2n) is 4.75. The standard InChI is InChI=1S/C14H7Cl2F5N3OS/c15-6-1-3-7(4-2-6)26-5-8(16)22-24(23-26)25-14-12(20)10(18)9(17)11(19)13(14)21/h1-5,22-23H/q+1. The van der Waals surface area contributed by atoms with Gasteiger partial charge in [0, 0.05) is 17.2 Å². The molecule has 0 aliphatic heterocycles. The van der Waals surface area contributed by atoms with Crippen molar-refractivity contribution in [3.63, 3.8) is 0 Å². The first kappa shape index (κ1) is 18.6. The van der Waals surface area contributed by atoms with Crippen LogP contribution in [0.25, 0.3) is 4.90 Å². The summed E-state index contributed by atoms with van der Waals surface area (Å²) in [4.78, 5) is 5.96. The molecule has 2 aromatic carbocycles. The molecule has 138 valence electrons. The van der Waals surface area contributed by atoms with Gasteiger partial charge in [-0.2, -0.15) is 8.78 Å². The van der Waals surface area contributed by atoms with Gasteiger partial charge in [-0.3, -0.25) is 0 Å². The summed E-state index contributed by atoms with van der Waals surface area (Å²) in [6.07, 6.45) is 0. The van der Waals surface area contributed by atoms with Crippen molar-refractivity contribution in [3.8, 4) is 10.6 Å². The molecule has 0 aliphatic carbocycles. The molecule has 0 aliphatic rings. The predicted molar refractivity (Wildman–Crippen MR) is 86.9 cm³/mol. The summed E-state index contributed by atoms with van der Waals surface area (Å²) in [5, 5.41) is 4.31. The van der Waals surface area contributed by atoms with Crippen LogP contribution in [0, 0.1) is 29.1 Å². The summed E-state index contributed by atoms with van der Waals surface area (Å²) in [5.41, 5.74) is 0. The summed E-state index contributed by atoms with van der Waals surface area (Å²) >= 11 is 11.7. The lowest BCUT2D eigenvalue weighted by molar-refractivity contribution is 0.120. The van der Waals surface area contributed by atoms with Gasteiger partial charge in [-0.25, -0.2) is 18.3 Å². The number of H-pyrrole nitrogens is 2. The topological polar surface area (TPSA) is 45.7 Å². The highest BCUT2D eigenvalue weighted by Gasteiger charge is 2.28. The molecule has 0 amide bonds. The van der Waals surface area contributed by atoms with Crippen molar-refractivity contribution in [2.45, 2.75) is 0 Å². The highest BCUT2D eigenvalue weighted by atomic mass is 35.5. The van der Waals surface area contributed by atoms with E-state index >= 15 is 0 Å². The fraction of sp³-hybridized carbons (Fsp3) is 0. The number of aromatic amines is 2. The summed E-state index contributed by atoms with van der Waals surface area (Å²) in [6.45, 7) is 0. The minimum absolute atomic E-state index is 0.00842. The van der Waals surface area contributed by atoms with Crippen molar-refractivity contribution >= 4 is 33.9 Å². The Balaban J connectivity index is 2.06. The number of benzene rings is 2. The van der Waals surface area contributed by atoms with E-state index in [9.17, 15) is 22.0 Å². The van der Waals surface area contributed by atoms with Crippen LogP contribution in [-0.2, 0) is 0 Å². The van der Waals surface area contributed by atoms with E-state index in [1.165, 1.54) is 5.38 Å². The average Bonchev–Trinajstić information content (AvgIpc) is 2.62. The Bertz CT molecular complexity index is 978. The van der Waals surface area contributed by atoms with Gasteiger partial charge in [-0.05, 0) is 17.1 Å². The number of hydrogen-bond donors (Lipinski definition) is 2. The monoisotopic (exact) mass is 430 g/mol. The number of nitrogens with zero attached hydrogens (tertiary/aromatic N) is 1. The minimum Gasteiger partial charge on any atom is -0.335 e. The quantitative estimate of drug-likeness (QED) is 0.232. The molecule has 1 atom stereocenters. The van der Waals surface area contributed by atoms with Crippen LogP contribution in [0.4, 0.5) is 22.0 Å². The third kappa shape index (κ3) is 3.53. The number of aromatic nitrogens is 3. The molecule has 3 aromatic rings. The van der Waals surface area contributed by atoms with Crippen LogP contribution in [0.1, 0.15) is 0 Å². The molecular formula is C14H7Cl2F5N3OS+. The minimum atomic E-state index is -2.29. The Morgan fingerprint density at radius 3 is 1.96 bits per heavy atom. The van der Waals surface area contributed by atoms with E-state index in [4.69, 9.17) is 28.0 Å². The second-order valence-corrected chi connectivity index (χ2v) is 7.15. The molecule has 0 spiro atoms. The number of rotatable bonds is 3. The Kier molecular flexibility index (Phi) is 5.17. The largest absolute Gasteiger partial charge is 0.335 e. The van der Waals surface area contributed by atoms with E-state index in [1.807, 2.05) is 0 Å². The summed E-state index contributed by atoms with van der Waals surface area (Å²) in [7, 11) is -0.949. The molecule has 1 aromatic heterocycles. The van der Waals surface area contributed by atoms with Crippen LogP contribution < -0.4 is 4.84 Å². The van der Waals surface area contributed by atoms with E-state index in [2.05, 4.69) is 9.59 Å². The maximum absolute atomic E-state index is 13.7. The van der Waals surface area contributed by atoms with E-state index in [0.717, 1.165) is 0 Å². The molecule has 2 N–H and O–H groups in total. The van der Waals surface area contributed by atoms with Crippen molar-refractivity contribution in [3.05, 3.63) is 68.9 Å². The first-order valence-corrected chi connectivity index (χ1v) is 8.70. The van der Waals surface area contributed by atoms with Gasteiger partial charge >= 0.3 is 0 Å². The number of halogens is 7. The van der Waals surface area contributed by atoms with Crippen LogP contribution >= 0.6 is 33.9 Å². The Labute approximate surface area is 155 Å². The molecule has 0 radical (unpaired) electrons. The third-order valence-electron chi connectivity index (χ3n) is 3.03. The lowest BCUT2D eigenvalue weighted by Crippen LogP contribution is -2.17. The van der Waals surface area contributed by atoms with Crippen LogP contribution in [0.2, 0.25) is 10.2 Å². The SMILES string of the molecule is Fc1c(F)c(F)c(On2[nH]c(Cl)c[s+](-c3ccc(Cl)cc3)[nH]2)c(F)c1F. The van der Waals surface area contributed by atoms with Gasteiger partial charge < -0.3 is 4.84 Å². The zero-order valence-corrected chi connectivity index (χ0v) is 14.6. The molecule has 3 rings (SSSR count). The third-order valence-corrected chi connectivity index (χ3v) is 5.22. The van der Waals surface area contributed by atoms with Gasteiger partial charge in [-0.1, -0.05) is 27.7 Å². The van der Waals surface area contributed by atoms with Crippen molar-refractivity contribution in [2.24, 2.45) is 0 Å². The lowest BCUT2D eigenvalue weighted by Gasteiger charge is -2.10. The molecule has 26 heavy (non-hydrogen) atoms. The van der Waals surface area contributed by atoms with Gasteiger partial charge in [0.2, 0.25) is 45.1 Å². The molecule has 1 heterocycles. The first-order chi connectivity index (χ1) is 12.3. The molecular weight excluding hydrogens is 424 g/mol. The Morgan fingerprint density at radius 2 is 1.38 bits per heavy atom. The summed E-state index contributed by atoms with van der Waals surface area (Å²) < 4.78 is 69.7. The lowest BCUT2D eigenvalue weighted by atomic mass is 10.3. The highest BCUT2D eigenvalue weighted by molar-refractivity contribution is 7.33. The van der Waals surface area contributed by atoms with Gasteiger partial charge in [-0.15, -0.1) is 0 Å². The second kappa shape index (κ2) is 7.22. The van der Waals surface area contributed by atoms with Crippen molar-refractivity contribution in [1.82, 2.24) is 14.5 Å². The zero-order chi connectivity index (χ0) is 19.0. The predicted octanol–water partition coefficient (Wildman–Crippen LogP) is 5.85. The van der Waals surface area contributed by atoms with E-state index in [1.54, 1.807) is 24.3 Å². The zero-order valence-electron chi connectivity index (χ0n) is 12.3. The van der Waals surface area contributed by atoms with E-state index in [-0.39, 0.29) is 5.15 Å². The average molecular weight is 431 g/mol. The molecule has 0 saturated carbocycles. The van der Waals surface area contributed by atoms with E-state index in [0.29, 0.717) is 14.9 Å². The van der Waals surface area contributed by atoms with Crippen LogP contribution in [0.3, 0.4) is 0 Å². The summed E-state index contributed by atoms with van der Waals surface area (Å²) in [6, 6.07) is 6.51. The van der Waals surface area contributed by atoms with E-state index < -0.39 is 45.5 Å². The maximum Gasteiger partial charge on any atom is 0.237 e. The fourth-order valence-corrected chi connectivity index (χ4v) is 3.58. The normalized spacial score (nSPS) is 11.6. The van der Waals surface area contributed by atoms with Gasteiger partial charge in [0.1, 0.15) is 10.7 Å². The highest BCUT2D eigenvalue weighted by Crippen LogP contribution is 2.31. The van der Waals surface area contributed by atoms with Gasteiger partial charge in [0.15, 0.2) is 5.15 Å². The van der Waals surface area contributed by atoms with Gasteiger partial charge in [0.25, 0.3) is 0 Å². The van der Waals surface area contributed by atoms with Crippen LogP contribution in [0.15, 0.2) is 29.6 Å². The Hall–Kier alpha value is -2.17. The first-order valence-electron chi connectivity index (χ1n) is 6.66. The molecule has 1 unspecified atom stereocenters. The van der Waals surface area contributed by atoms with Crippen molar-refractivity contribution in [2.75, 3.05) is 0 Å². The Morgan fingerprint density at radius 1 is 0.846 bits per heavy atom. The molecule has 0 bridgehead atoms. The maximum atomic E-state index is 13.7. The van der Waals surface area contributed by atoms with Crippen LogP contribution in [-0.4, -0.2) is 14.5 Å². The number of hydrogen-bond acceptors (Lipinski definition) is 1. The van der Waals surface area contributed by atoms with Gasteiger partial charge in [0.05, 0.1) is 0 Å². The van der Waals surface area contributed by atoms with Crippen LogP contribution in [0.5, 0.6) is 5.75 Å². The molecule has 0 saturated heterocycles. The van der Waals surface area contributed by atoms with Crippen molar-refractivity contribution < 1.29 is 26.8 Å². The fourth-order valence-electron chi connectivity index (χ4n) is 1.86. The molecule has 0 fully saturated rings. The summed E-state index contributed by atoms with van der Waals surface area (Å²) in [5.74, 6) is -12.3.